The lowest BCUT2D eigenvalue weighted by Gasteiger charge is -2.08. The summed E-state index contributed by atoms with van der Waals surface area (Å²) >= 11 is 0. The van der Waals surface area contributed by atoms with Crippen LogP contribution in [-0.2, 0) is 13.1 Å². The average molecular weight is 284 g/mol. The van der Waals surface area contributed by atoms with E-state index in [4.69, 9.17) is 10.00 Å². The number of imidazole rings is 1. The number of nitrogens with zero attached hydrogens (tertiary/aromatic N) is 3. The normalized spacial score (nSPS) is 10.2. The van der Waals surface area contributed by atoms with Crippen molar-refractivity contribution in [3.05, 3.63) is 48.5 Å². The summed E-state index contributed by atoms with van der Waals surface area (Å²) in [4.78, 5) is 4.01. The first kappa shape index (κ1) is 15.1. The summed E-state index contributed by atoms with van der Waals surface area (Å²) in [5, 5.41) is 11.9. The van der Waals surface area contributed by atoms with Crippen LogP contribution in [0.15, 0.2) is 43.0 Å². The lowest BCUT2D eigenvalue weighted by atomic mass is 10.2. The Balaban J connectivity index is 1.69. The Kier molecular flexibility index (Phi) is 6.30. The number of rotatable bonds is 9. The number of aromatic nitrogens is 2. The number of ether oxygens (including phenoxy) is 1. The second-order valence-corrected chi connectivity index (χ2v) is 4.73. The van der Waals surface area contributed by atoms with Gasteiger partial charge in [-0.1, -0.05) is 12.1 Å². The molecule has 0 fully saturated rings. The van der Waals surface area contributed by atoms with Gasteiger partial charge in [0.25, 0.3) is 0 Å². The van der Waals surface area contributed by atoms with Crippen LogP contribution in [0.3, 0.4) is 0 Å². The predicted molar refractivity (Wildman–Crippen MR) is 80.7 cm³/mol. The van der Waals surface area contributed by atoms with Crippen LogP contribution in [0, 0.1) is 11.3 Å². The van der Waals surface area contributed by atoms with E-state index in [0.29, 0.717) is 13.0 Å². The van der Waals surface area contributed by atoms with Crippen LogP contribution in [0.5, 0.6) is 5.75 Å². The summed E-state index contributed by atoms with van der Waals surface area (Å²) in [6, 6.07) is 10.2. The van der Waals surface area contributed by atoms with Gasteiger partial charge in [0.05, 0.1) is 19.0 Å². The maximum Gasteiger partial charge on any atom is 0.119 e. The van der Waals surface area contributed by atoms with E-state index in [2.05, 4.69) is 22.4 Å². The minimum atomic E-state index is 0.537. The molecular weight excluding hydrogens is 264 g/mol. The molecule has 2 aromatic rings. The average Bonchev–Trinajstić information content (AvgIpc) is 3.02. The van der Waals surface area contributed by atoms with Crippen LogP contribution in [0.4, 0.5) is 0 Å². The molecule has 1 N–H and O–H groups in total. The molecule has 0 spiro atoms. The number of nitriles is 1. The van der Waals surface area contributed by atoms with Gasteiger partial charge >= 0.3 is 0 Å². The number of unbranched alkanes of at least 4 members (excludes halogenated alkanes) is 1. The molecule has 2 rings (SSSR count). The molecule has 0 aliphatic heterocycles. The van der Waals surface area contributed by atoms with E-state index in [1.165, 1.54) is 5.56 Å². The highest BCUT2D eigenvalue weighted by molar-refractivity contribution is 5.28. The molecule has 5 heteroatoms. The summed E-state index contributed by atoms with van der Waals surface area (Å²) in [6.07, 6.45) is 6.86. The molecule has 21 heavy (non-hydrogen) atoms. The van der Waals surface area contributed by atoms with Crippen LogP contribution in [0.25, 0.3) is 0 Å². The van der Waals surface area contributed by atoms with Crippen molar-refractivity contribution in [1.82, 2.24) is 14.9 Å². The summed E-state index contributed by atoms with van der Waals surface area (Å²) < 4.78 is 7.67. The largest absolute Gasteiger partial charge is 0.494 e. The Morgan fingerprint density at radius 3 is 3.14 bits per heavy atom. The molecule has 0 bridgehead atoms. The third-order valence-electron chi connectivity index (χ3n) is 3.04. The Labute approximate surface area is 125 Å². The second-order valence-electron chi connectivity index (χ2n) is 4.73. The fraction of sp³-hybridized carbons (Fsp3) is 0.375. The molecular formula is C16H20N4O. The fourth-order valence-corrected chi connectivity index (χ4v) is 1.95. The SMILES string of the molecule is N#CCCCOc1cccc(CNCCn2ccnc2)c1. The maximum absolute atomic E-state index is 8.48. The Bertz CT molecular complexity index is 560. The lowest BCUT2D eigenvalue weighted by Crippen LogP contribution is -2.18. The molecule has 0 atom stereocenters. The highest BCUT2D eigenvalue weighted by Crippen LogP contribution is 2.13. The van der Waals surface area contributed by atoms with Crippen molar-refractivity contribution < 1.29 is 4.74 Å². The van der Waals surface area contributed by atoms with Crippen LogP contribution in [0.1, 0.15) is 18.4 Å². The van der Waals surface area contributed by atoms with Crippen molar-refractivity contribution in [1.29, 1.82) is 5.26 Å². The Morgan fingerprint density at radius 1 is 1.38 bits per heavy atom. The number of hydrogen-bond donors (Lipinski definition) is 1. The zero-order chi connectivity index (χ0) is 14.8. The second kappa shape index (κ2) is 8.77. The van der Waals surface area contributed by atoms with Crippen LogP contribution in [0.2, 0.25) is 0 Å². The van der Waals surface area contributed by atoms with Gasteiger partial charge in [0.1, 0.15) is 5.75 Å². The first-order valence-corrected chi connectivity index (χ1v) is 7.13. The van der Waals surface area contributed by atoms with E-state index in [1.807, 2.05) is 35.3 Å². The zero-order valence-corrected chi connectivity index (χ0v) is 12.0. The van der Waals surface area contributed by atoms with Crippen molar-refractivity contribution in [3.8, 4) is 11.8 Å². The van der Waals surface area contributed by atoms with E-state index < -0.39 is 0 Å². The van der Waals surface area contributed by atoms with E-state index in [9.17, 15) is 0 Å². The molecule has 110 valence electrons. The molecule has 1 aromatic heterocycles. The summed E-state index contributed by atoms with van der Waals surface area (Å²) in [5.74, 6) is 0.863. The summed E-state index contributed by atoms with van der Waals surface area (Å²) in [5.41, 5.74) is 1.19. The predicted octanol–water partition coefficient (Wildman–Crippen LogP) is 2.36. The van der Waals surface area contributed by atoms with E-state index >= 15 is 0 Å². The minimum absolute atomic E-state index is 0.537. The van der Waals surface area contributed by atoms with Gasteiger partial charge in [0, 0.05) is 38.4 Å². The highest BCUT2D eigenvalue weighted by Gasteiger charge is 1.98. The third-order valence-corrected chi connectivity index (χ3v) is 3.04. The molecule has 1 heterocycles. The van der Waals surface area contributed by atoms with Crippen LogP contribution < -0.4 is 10.1 Å². The van der Waals surface area contributed by atoms with Gasteiger partial charge in [-0.2, -0.15) is 5.26 Å². The van der Waals surface area contributed by atoms with Gasteiger partial charge in [-0.25, -0.2) is 4.98 Å². The molecule has 5 nitrogen and oxygen atoms in total. The summed E-state index contributed by atoms with van der Waals surface area (Å²) in [6.45, 7) is 3.20. The number of benzene rings is 1. The lowest BCUT2D eigenvalue weighted by molar-refractivity contribution is 0.312. The highest BCUT2D eigenvalue weighted by atomic mass is 16.5. The van der Waals surface area contributed by atoms with E-state index in [-0.39, 0.29) is 0 Å². The van der Waals surface area contributed by atoms with Gasteiger partial charge in [-0.15, -0.1) is 0 Å². The monoisotopic (exact) mass is 284 g/mol. The number of nitrogens with one attached hydrogen (secondary N) is 1. The van der Waals surface area contributed by atoms with E-state index in [1.54, 1.807) is 6.20 Å². The van der Waals surface area contributed by atoms with Crippen molar-refractivity contribution in [2.75, 3.05) is 13.2 Å². The maximum atomic E-state index is 8.48. The van der Waals surface area contributed by atoms with Gasteiger partial charge in [0.15, 0.2) is 0 Å². The van der Waals surface area contributed by atoms with Gasteiger partial charge < -0.3 is 14.6 Å². The van der Waals surface area contributed by atoms with Gasteiger partial charge in [-0.05, 0) is 24.1 Å². The van der Waals surface area contributed by atoms with Crippen molar-refractivity contribution in [2.45, 2.75) is 25.9 Å². The molecule has 0 amide bonds. The third kappa shape index (κ3) is 5.67. The minimum Gasteiger partial charge on any atom is -0.494 e. The molecule has 0 aliphatic carbocycles. The van der Waals surface area contributed by atoms with E-state index in [0.717, 1.165) is 31.8 Å². The van der Waals surface area contributed by atoms with Crippen LogP contribution >= 0.6 is 0 Å². The Morgan fingerprint density at radius 2 is 2.33 bits per heavy atom. The van der Waals surface area contributed by atoms with Crippen molar-refractivity contribution in [3.63, 3.8) is 0 Å². The topological polar surface area (TPSA) is 62.9 Å². The molecule has 0 unspecified atom stereocenters. The number of hydrogen-bond acceptors (Lipinski definition) is 4. The van der Waals surface area contributed by atoms with Crippen molar-refractivity contribution in [2.24, 2.45) is 0 Å². The molecule has 0 radical (unpaired) electrons. The molecule has 0 saturated carbocycles. The van der Waals surface area contributed by atoms with Gasteiger partial charge in [0.2, 0.25) is 0 Å². The first-order valence-electron chi connectivity index (χ1n) is 7.13. The fourth-order valence-electron chi connectivity index (χ4n) is 1.95. The smallest absolute Gasteiger partial charge is 0.119 e. The standard InChI is InChI=1S/C16H20N4O/c17-6-1-2-11-21-16-5-3-4-15(12-16)13-18-7-9-20-10-8-19-14-20/h3-5,8,10,12,14,18H,1-2,7,9,11,13H2. The molecule has 1 aromatic carbocycles. The quantitative estimate of drug-likeness (QED) is 0.718. The molecule has 0 aliphatic rings. The Hall–Kier alpha value is -2.32. The van der Waals surface area contributed by atoms with Gasteiger partial charge in [-0.3, -0.25) is 0 Å². The summed E-state index contributed by atoms with van der Waals surface area (Å²) in [7, 11) is 0. The van der Waals surface area contributed by atoms with Crippen molar-refractivity contribution >= 4 is 0 Å². The van der Waals surface area contributed by atoms with Crippen LogP contribution in [-0.4, -0.2) is 22.7 Å². The first-order chi connectivity index (χ1) is 10.4. The molecule has 0 saturated heterocycles. The zero-order valence-electron chi connectivity index (χ0n) is 12.0.